The third-order valence-electron chi connectivity index (χ3n) is 4.26. The molecular weight excluding hydrogens is 258 g/mol. The average Bonchev–Trinajstić information content (AvgIpc) is 2.51. The summed E-state index contributed by atoms with van der Waals surface area (Å²) in [6.45, 7) is 5.98. The summed E-state index contributed by atoms with van der Waals surface area (Å²) in [6.07, 6.45) is 6.53. The second-order valence-corrected chi connectivity index (χ2v) is 6.39. The molecule has 0 aliphatic carbocycles. The standard InChI is InChI=1S/C18H31N3/c1-20(2)13-8-12-19-18-10-5-4-9-17(18)11-16-21-14-6-3-7-15-21/h4-5,9-10,19H,3,6-8,11-16H2,1-2H3. The van der Waals surface area contributed by atoms with Crippen molar-refractivity contribution in [2.75, 3.05) is 52.1 Å². The summed E-state index contributed by atoms with van der Waals surface area (Å²) >= 11 is 0. The molecule has 3 nitrogen and oxygen atoms in total. The van der Waals surface area contributed by atoms with Gasteiger partial charge in [0.2, 0.25) is 0 Å². The topological polar surface area (TPSA) is 18.5 Å². The number of benzene rings is 1. The minimum atomic E-state index is 1.05. The van der Waals surface area contributed by atoms with Gasteiger partial charge in [-0.2, -0.15) is 0 Å². The lowest BCUT2D eigenvalue weighted by Crippen LogP contribution is -2.31. The molecule has 1 heterocycles. The Labute approximate surface area is 130 Å². The predicted octanol–water partition coefficient (Wildman–Crippen LogP) is 3.08. The van der Waals surface area contributed by atoms with E-state index in [0.717, 1.165) is 19.5 Å². The van der Waals surface area contributed by atoms with Gasteiger partial charge in [-0.3, -0.25) is 0 Å². The van der Waals surface area contributed by atoms with Crippen molar-refractivity contribution in [3.8, 4) is 0 Å². The van der Waals surface area contributed by atoms with Gasteiger partial charge in [0, 0.05) is 18.8 Å². The molecule has 0 amide bonds. The van der Waals surface area contributed by atoms with Gasteiger partial charge in [-0.15, -0.1) is 0 Å². The lowest BCUT2D eigenvalue weighted by Gasteiger charge is -2.26. The van der Waals surface area contributed by atoms with Crippen LogP contribution in [0.1, 0.15) is 31.2 Å². The maximum atomic E-state index is 3.61. The first-order valence-corrected chi connectivity index (χ1v) is 8.44. The molecule has 118 valence electrons. The number of likely N-dealkylation sites (tertiary alicyclic amines) is 1. The molecule has 1 aromatic rings. The van der Waals surface area contributed by atoms with Crippen LogP contribution >= 0.6 is 0 Å². The number of nitrogens with zero attached hydrogens (tertiary/aromatic N) is 2. The van der Waals surface area contributed by atoms with Gasteiger partial charge in [0.15, 0.2) is 0 Å². The third kappa shape index (κ3) is 6.06. The van der Waals surface area contributed by atoms with Crippen LogP contribution in [0.2, 0.25) is 0 Å². The molecule has 21 heavy (non-hydrogen) atoms. The fourth-order valence-electron chi connectivity index (χ4n) is 2.99. The molecular formula is C18H31N3. The highest BCUT2D eigenvalue weighted by molar-refractivity contribution is 5.51. The van der Waals surface area contributed by atoms with Crippen LogP contribution in [0.5, 0.6) is 0 Å². The molecule has 0 aromatic heterocycles. The maximum absolute atomic E-state index is 3.61. The highest BCUT2D eigenvalue weighted by atomic mass is 15.1. The predicted molar refractivity (Wildman–Crippen MR) is 92.1 cm³/mol. The van der Waals surface area contributed by atoms with Crippen molar-refractivity contribution in [2.24, 2.45) is 0 Å². The number of para-hydroxylation sites is 1. The molecule has 0 unspecified atom stereocenters. The zero-order chi connectivity index (χ0) is 14.9. The summed E-state index contributed by atoms with van der Waals surface area (Å²) in [5.41, 5.74) is 2.79. The van der Waals surface area contributed by atoms with E-state index in [1.54, 1.807) is 0 Å². The number of hydrogen-bond acceptors (Lipinski definition) is 3. The van der Waals surface area contributed by atoms with E-state index >= 15 is 0 Å². The van der Waals surface area contributed by atoms with Gasteiger partial charge in [-0.25, -0.2) is 0 Å². The van der Waals surface area contributed by atoms with Gasteiger partial charge in [0.05, 0.1) is 0 Å². The van der Waals surface area contributed by atoms with Crippen molar-refractivity contribution in [2.45, 2.75) is 32.1 Å². The van der Waals surface area contributed by atoms with Crippen LogP contribution < -0.4 is 5.32 Å². The van der Waals surface area contributed by atoms with Crippen LogP contribution in [0.25, 0.3) is 0 Å². The summed E-state index contributed by atoms with van der Waals surface area (Å²) in [5, 5.41) is 3.61. The van der Waals surface area contributed by atoms with E-state index in [0.29, 0.717) is 0 Å². The molecule has 2 rings (SSSR count). The lowest BCUT2D eigenvalue weighted by molar-refractivity contribution is 0.231. The number of anilines is 1. The smallest absolute Gasteiger partial charge is 0.0373 e. The summed E-state index contributed by atoms with van der Waals surface area (Å²) in [6, 6.07) is 8.80. The minimum Gasteiger partial charge on any atom is -0.385 e. The second-order valence-electron chi connectivity index (χ2n) is 6.39. The molecule has 0 radical (unpaired) electrons. The quantitative estimate of drug-likeness (QED) is 0.742. The lowest BCUT2D eigenvalue weighted by atomic mass is 10.1. The Hall–Kier alpha value is -1.06. The van der Waals surface area contributed by atoms with Gasteiger partial charge in [-0.1, -0.05) is 24.6 Å². The van der Waals surface area contributed by atoms with Crippen LogP contribution in [0, 0.1) is 0 Å². The van der Waals surface area contributed by atoms with Gasteiger partial charge >= 0.3 is 0 Å². The van der Waals surface area contributed by atoms with Crippen LogP contribution in [-0.4, -0.2) is 56.6 Å². The van der Waals surface area contributed by atoms with E-state index < -0.39 is 0 Å². The largest absolute Gasteiger partial charge is 0.385 e. The van der Waals surface area contributed by atoms with Crippen molar-refractivity contribution in [1.82, 2.24) is 9.80 Å². The first-order valence-electron chi connectivity index (χ1n) is 8.44. The molecule has 0 atom stereocenters. The highest BCUT2D eigenvalue weighted by Gasteiger charge is 2.10. The number of nitrogens with one attached hydrogen (secondary N) is 1. The van der Waals surface area contributed by atoms with E-state index in [1.807, 2.05) is 0 Å². The van der Waals surface area contributed by atoms with Crippen LogP contribution in [0.15, 0.2) is 24.3 Å². The van der Waals surface area contributed by atoms with Crippen LogP contribution in [0.4, 0.5) is 5.69 Å². The molecule has 0 saturated carbocycles. The molecule has 1 aliphatic rings. The first-order chi connectivity index (χ1) is 10.3. The van der Waals surface area contributed by atoms with Crippen LogP contribution in [-0.2, 0) is 6.42 Å². The van der Waals surface area contributed by atoms with Crippen molar-refractivity contribution in [3.63, 3.8) is 0 Å². The van der Waals surface area contributed by atoms with E-state index in [2.05, 4.69) is 53.5 Å². The monoisotopic (exact) mass is 289 g/mol. The Kier molecular flexibility index (Phi) is 7.04. The minimum absolute atomic E-state index is 1.05. The van der Waals surface area contributed by atoms with E-state index in [1.165, 1.54) is 56.6 Å². The molecule has 1 aliphatic heterocycles. The van der Waals surface area contributed by atoms with Crippen molar-refractivity contribution < 1.29 is 0 Å². The molecule has 1 aromatic carbocycles. The van der Waals surface area contributed by atoms with E-state index in [4.69, 9.17) is 0 Å². The third-order valence-corrected chi connectivity index (χ3v) is 4.26. The Bertz CT molecular complexity index is 397. The van der Waals surface area contributed by atoms with Gasteiger partial charge < -0.3 is 15.1 Å². The van der Waals surface area contributed by atoms with Gasteiger partial charge in [-0.05, 0) is 71.0 Å². The van der Waals surface area contributed by atoms with Gasteiger partial charge in [0.25, 0.3) is 0 Å². The fourth-order valence-corrected chi connectivity index (χ4v) is 2.99. The molecule has 0 bridgehead atoms. The Balaban J connectivity index is 1.78. The molecule has 1 saturated heterocycles. The zero-order valence-corrected chi connectivity index (χ0v) is 13.8. The van der Waals surface area contributed by atoms with Crippen LogP contribution in [0.3, 0.4) is 0 Å². The molecule has 1 fully saturated rings. The van der Waals surface area contributed by atoms with Gasteiger partial charge in [0.1, 0.15) is 0 Å². The SMILES string of the molecule is CN(C)CCCNc1ccccc1CCN1CCCCC1. The normalized spacial score (nSPS) is 16.3. The average molecular weight is 289 g/mol. The van der Waals surface area contributed by atoms with E-state index in [-0.39, 0.29) is 0 Å². The fraction of sp³-hybridized carbons (Fsp3) is 0.667. The molecule has 1 N–H and O–H groups in total. The summed E-state index contributed by atoms with van der Waals surface area (Å²) in [5.74, 6) is 0. The van der Waals surface area contributed by atoms with Crippen molar-refractivity contribution >= 4 is 5.69 Å². The zero-order valence-electron chi connectivity index (χ0n) is 13.8. The Morgan fingerprint density at radius 1 is 1.10 bits per heavy atom. The summed E-state index contributed by atoms with van der Waals surface area (Å²) in [7, 11) is 4.26. The highest BCUT2D eigenvalue weighted by Crippen LogP contribution is 2.17. The van der Waals surface area contributed by atoms with Crippen molar-refractivity contribution in [1.29, 1.82) is 0 Å². The number of rotatable bonds is 8. The van der Waals surface area contributed by atoms with Crippen molar-refractivity contribution in [3.05, 3.63) is 29.8 Å². The molecule has 0 spiro atoms. The molecule has 3 heteroatoms. The Morgan fingerprint density at radius 2 is 1.86 bits per heavy atom. The first kappa shape index (κ1) is 16.3. The summed E-state index contributed by atoms with van der Waals surface area (Å²) < 4.78 is 0. The summed E-state index contributed by atoms with van der Waals surface area (Å²) in [4.78, 5) is 4.86. The Morgan fingerprint density at radius 3 is 2.62 bits per heavy atom. The number of hydrogen-bond donors (Lipinski definition) is 1. The number of piperidine rings is 1. The maximum Gasteiger partial charge on any atom is 0.0373 e. The second kappa shape index (κ2) is 9.06. The van der Waals surface area contributed by atoms with E-state index in [9.17, 15) is 0 Å².